The normalized spacial score (nSPS) is 14.9. The fourth-order valence-electron chi connectivity index (χ4n) is 3.76. The monoisotopic (exact) mass is 415 g/mol. The average Bonchev–Trinajstić information content (AvgIpc) is 2.79. The molecule has 0 unspecified atom stereocenters. The van der Waals surface area contributed by atoms with Crippen LogP contribution in [0.25, 0.3) is 22.2 Å². The van der Waals surface area contributed by atoms with Gasteiger partial charge in [0.05, 0.1) is 16.9 Å². The van der Waals surface area contributed by atoms with Gasteiger partial charge in [-0.2, -0.15) is 0 Å². The first kappa shape index (κ1) is 20.7. The van der Waals surface area contributed by atoms with Gasteiger partial charge in [0.15, 0.2) is 0 Å². The van der Waals surface area contributed by atoms with Gasteiger partial charge in [0.25, 0.3) is 0 Å². The van der Waals surface area contributed by atoms with Crippen LogP contribution in [0.5, 0.6) is 0 Å². The summed E-state index contributed by atoms with van der Waals surface area (Å²) in [6, 6.07) is 13.1. The number of rotatable bonds is 5. The van der Waals surface area contributed by atoms with Crippen molar-refractivity contribution in [3.8, 4) is 11.3 Å². The molecule has 3 aromatic rings. The van der Waals surface area contributed by atoms with Crippen LogP contribution in [-0.2, 0) is 9.59 Å². The fourth-order valence-corrected chi connectivity index (χ4v) is 3.76. The van der Waals surface area contributed by atoms with E-state index in [0.717, 1.165) is 48.1 Å². The first-order valence-electron chi connectivity index (χ1n) is 10.3. The minimum absolute atomic E-state index is 0.0180. The fraction of sp³-hybridized carbons (Fsp3) is 0.250. The lowest BCUT2D eigenvalue weighted by atomic mass is 9.96. The smallest absolute Gasteiger partial charge is 0.247 e. The summed E-state index contributed by atoms with van der Waals surface area (Å²) in [4.78, 5) is 35.7. The Hall–Kier alpha value is -3.58. The molecule has 7 nitrogen and oxygen atoms in total. The molecule has 1 saturated heterocycles. The van der Waals surface area contributed by atoms with Gasteiger partial charge in [0, 0.05) is 23.1 Å². The molecule has 1 aliphatic heterocycles. The second kappa shape index (κ2) is 9.06. The molecule has 1 aromatic carbocycles. The number of nitrogens with one attached hydrogen (secondary N) is 2. The van der Waals surface area contributed by atoms with Crippen molar-refractivity contribution in [2.45, 2.75) is 12.8 Å². The van der Waals surface area contributed by atoms with E-state index in [4.69, 9.17) is 0 Å². The third-order valence-electron chi connectivity index (χ3n) is 5.57. The number of anilines is 2. The van der Waals surface area contributed by atoms with Gasteiger partial charge in [-0.3, -0.25) is 14.6 Å². The number of carbonyl (C=O) groups is 2. The molecule has 158 valence electrons. The maximum Gasteiger partial charge on any atom is 0.247 e. The zero-order valence-corrected chi connectivity index (χ0v) is 17.5. The van der Waals surface area contributed by atoms with E-state index in [9.17, 15) is 9.59 Å². The molecular weight excluding hydrogens is 390 g/mol. The Balaban J connectivity index is 1.58. The molecule has 7 heteroatoms. The summed E-state index contributed by atoms with van der Waals surface area (Å²) in [6.45, 7) is 5.36. The number of amides is 2. The maximum absolute atomic E-state index is 12.6. The number of pyridine rings is 2. The molecule has 0 atom stereocenters. The number of piperidine rings is 1. The zero-order chi connectivity index (χ0) is 21.8. The standard InChI is InChI=1S/C24H25N5O2/c1-3-23(30)27-21-9-12-25-20-8-7-17(15-18(20)21)19-5-4-6-22(26-19)28-24(31)16-10-13-29(2)14-11-16/h3-9,12,15-16H,1,10-11,13-14H2,2H3,(H,25,27,30)(H,26,28,31). The first-order valence-corrected chi connectivity index (χ1v) is 10.3. The highest BCUT2D eigenvalue weighted by Gasteiger charge is 2.23. The molecule has 0 aliphatic carbocycles. The SMILES string of the molecule is C=CC(=O)Nc1ccnc2ccc(-c3cccc(NC(=O)C4CCN(C)CC4)n3)cc12. The van der Waals surface area contributed by atoms with Gasteiger partial charge in [-0.15, -0.1) is 0 Å². The summed E-state index contributed by atoms with van der Waals surface area (Å²) >= 11 is 0. The van der Waals surface area contributed by atoms with E-state index < -0.39 is 0 Å². The number of benzene rings is 1. The van der Waals surface area contributed by atoms with Crippen LogP contribution < -0.4 is 10.6 Å². The molecule has 3 heterocycles. The lowest BCUT2D eigenvalue weighted by Crippen LogP contribution is -2.36. The topological polar surface area (TPSA) is 87.2 Å². The summed E-state index contributed by atoms with van der Waals surface area (Å²) < 4.78 is 0. The Morgan fingerprint density at radius 1 is 1.13 bits per heavy atom. The van der Waals surface area contributed by atoms with Crippen LogP contribution in [0.1, 0.15) is 12.8 Å². The Morgan fingerprint density at radius 3 is 2.71 bits per heavy atom. The molecule has 2 N–H and O–H groups in total. The van der Waals surface area contributed by atoms with Gasteiger partial charge >= 0.3 is 0 Å². The highest BCUT2D eigenvalue weighted by Crippen LogP contribution is 2.28. The van der Waals surface area contributed by atoms with E-state index in [1.54, 1.807) is 18.3 Å². The Labute approximate surface area is 181 Å². The number of hydrogen-bond donors (Lipinski definition) is 2. The van der Waals surface area contributed by atoms with Crippen LogP contribution >= 0.6 is 0 Å². The lowest BCUT2D eigenvalue weighted by molar-refractivity contribution is -0.121. The molecule has 2 amide bonds. The van der Waals surface area contributed by atoms with Gasteiger partial charge in [-0.25, -0.2) is 4.98 Å². The number of hydrogen-bond acceptors (Lipinski definition) is 5. The third kappa shape index (κ3) is 4.78. The van der Waals surface area contributed by atoms with Crippen LogP contribution in [0.4, 0.5) is 11.5 Å². The molecule has 4 rings (SSSR count). The number of likely N-dealkylation sites (tertiary alicyclic amines) is 1. The Morgan fingerprint density at radius 2 is 1.94 bits per heavy atom. The molecule has 0 saturated carbocycles. The van der Waals surface area contributed by atoms with Crippen molar-refractivity contribution in [3.63, 3.8) is 0 Å². The molecule has 1 fully saturated rings. The quantitative estimate of drug-likeness (QED) is 0.621. The van der Waals surface area contributed by atoms with Crippen molar-refractivity contribution in [3.05, 3.63) is 61.3 Å². The van der Waals surface area contributed by atoms with E-state index >= 15 is 0 Å². The summed E-state index contributed by atoms with van der Waals surface area (Å²) in [6.07, 6.45) is 4.60. The van der Waals surface area contributed by atoms with E-state index in [1.807, 2.05) is 30.3 Å². The van der Waals surface area contributed by atoms with Crippen molar-refractivity contribution < 1.29 is 9.59 Å². The Bertz CT molecular complexity index is 1140. The summed E-state index contributed by atoms with van der Waals surface area (Å²) in [5.41, 5.74) is 3.01. The second-order valence-corrected chi connectivity index (χ2v) is 7.76. The number of carbonyl (C=O) groups excluding carboxylic acids is 2. The average molecular weight is 415 g/mol. The largest absolute Gasteiger partial charge is 0.322 e. The van der Waals surface area contributed by atoms with Crippen LogP contribution in [0.3, 0.4) is 0 Å². The van der Waals surface area contributed by atoms with Crippen LogP contribution in [0.15, 0.2) is 61.3 Å². The van der Waals surface area contributed by atoms with Gasteiger partial charge in [0.1, 0.15) is 5.82 Å². The summed E-state index contributed by atoms with van der Waals surface area (Å²) in [5, 5.41) is 6.59. The van der Waals surface area contributed by atoms with Crippen LogP contribution in [0, 0.1) is 5.92 Å². The van der Waals surface area contributed by atoms with E-state index in [0.29, 0.717) is 11.5 Å². The van der Waals surface area contributed by atoms with Gasteiger partial charge in [-0.05, 0) is 69.4 Å². The third-order valence-corrected chi connectivity index (χ3v) is 5.57. The molecule has 0 spiro atoms. The predicted molar refractivity (Wildman–Crippen MR) is 123 cm³/mol. The number of nitrogens with zero attached hydrogens (tertiary/aromatic N) is 3. The van der Waals surface area contributed by atoms with E-state index in [-0.39, 0.29) is 17.7 Å². The number of fused-ring (bicyclic) bond motifs is 1. The van der Waals surface area contributed by atoms with Crippen molar-refractivity contribution >= 4 is 34.2 Å². The van der Waals surface area contributed by atoms with E-state index in [2.05, 4.69) is 39.1 Å². The Kier molecular flexibility index (Phi) is 6.04. The van der Waals surface area contributed by atoms with Gasteiger partial charge < -0.3 is 15.5 Å². The second-order valence-electron chi connectivity index (χ2n) is 7.76. The first-order chi connectivity index (χ1) is 15.0. The number of aromatic nitrogens is 2. The summed E-state index contributed by atoms with van der Waals surface area (Å²) in [7, 11) is 2.08. The van der Waals surface area contributed by atoms with Crippen molar-refractivity contribution in [2.75, 3.05) is 30.8 Å². The summed E-state index contributed by atoms with van der Waals surface area (Å²) in [5.74, 6) is 0.293. The van der Waals surface area contributed by atoms with Crippen molar-refractivity contribution in [2.24, 2.45) is 5.92 Å². The van der Waals surface area contributed by atoms with Gasteiger partial charge in [-0.1, -0.05) is 18.7 Å². The molecule has 0 radical (unpaired) electrons. The lowest BCUT2D eigenvalue weighted by Gasteiger charge is -2.27. The van der Waals surface area contributed by atoms with Crippen molar-refractivity contribution in [1.82, 2.24) is 14.9 Å². The van der Waals surface area contributed by atoms with Crippen molar-refractivity contribution in [1.29, 1.82) is 0 Å². The molecule has 31 heavy (non-hydrogen) atoms. The van der Waals surface area contributed by atoms with Crippen LogP contribution in [0.2, 0.25) is 0 Å². The highest BCUT2D eigenvalue weighted by molar-refractivity contribution is 6.05. The molecule has 2 aromatic heterocycles. The molecule has 1 aliphatic rings. The zero-order valence-electron chi connectivity index (χ0n) is 17.5. The minimum Gasteiger partial charge on any atom is -0.322 e. The highest BCUT2D eigenvalue weighted by atomic mass is 16.2. The van der Waals surface area contributed by atoms with E-state index in [1.165, 1.54) is 6.08 Å². The predicted octanol–water partition coefficient (Wildman–Crippen LogP) is 3.70. The van der Waals surface area contributed by atoms with Crippen LogP contribution in [-0.4, -0.2) is 46.8 Å². The maximum atomic E-state index is 12.6. The molecule has 0 bridgehead atoms. The molecular formula is C24H25N5O2. The van der Waals surface area contributed by atoms with Gasteiger partial charge in [0.2, 0.25) is 11.8 Å². The minimum atomic E-state index is -0.283.